The number of urea groups is 1. The molecule has 340 valence electrons. The summed E-state index contributed by atoms with van der Waals surface area (Å²) < 4.78 is 31.0. The summed E-state index contributed by atoms with van der Waals surface area (Å²) in [7, 11) is 0. The fourth-order valence-electron chi connectivity index (χ4n) is 11.5. The molecule has 1 spiro atoms. The Labute approximate surface area is 377 Å². The van der Waals surface area contributed by atoms with E-state index in [4.69, 9.17) is 15.2 Å². The average Bonchev–Trinajstić information content (AvgIpc) is 3.87. The number of fused-ring (bicyclic) bond motifs is 3. The molecule has 11 rings (SSSR count). The quantitative estimate of drug-likeness (QED) is 0.157. The van der Waals surface area contributed by atoms with E-state index in [2.05, 4.69) is 58.0 Å². The minimum atomic E-state index is -0.559. The lowest BCUT2D eigenvalue weighted by atomic mass is 9.94. The maximum absolute atomic E-state index is 15.6. The Morgan fingerprint density at radius 2 is 1.58 bits per heavy atom. The number of piperazine rings is 1. The number of phenols is 1. The number of rotatable bonds is 8. The zero-order valence-corrected chi connectivity index (χ0v) is 36.9. The number of anilines is 5. The van der Waals surface area contributed by atoms with Crippen LogP contribution in [0.25, 0.3) is 22.2 Å². The van der Waals surface area contributed by atoms with Crippen molar-refractivity contribution in [3.63, 3.8) is 0 Å². The normalized spacial score (nSPS) is 23.2. The fraction of sp³-hybridized carbons (Fsp3) is 0.469. The number of nitrogens with one attached hydrogen (secondary N) is 1. The number of benzene rings is 3. The van der Waals surface area contributed by atoms with Crippen molar-refractivity contribution in [1.29, 1.82) is 0 Å². The third kappa shape index (κ3) is 7.78. The van der Waals surface area contributed by atoms with E-state index >= 15 is 4.39 Å². The second-order valence-corrected chi connectivity index (χ2v) is 18.9. The van der Waals surface area contributed by atoms with E-state index in [0.717, 1.165) is 118 Å². The number of hydrogen-bond acceptors (Lipinski definition) is 12. The van der Waals surface area contributed by atoms with E-state index in [1.807, 2.05) is 43.3 Å². The largest absolute Gasteiger partial charge is 0.507 e. The molecule has 6 fully saturated rings. The van der Waals surface area contributed by atoms with Crippen molar-refractivity contribution in [2.45, 2.75) is 75.8 Å². The van der Waals surface area contributed by atoms with Crippen LogP contribution in [0.2, 0.25) is 0 Å². The molecular weight excluding hydrogens is 828 g/mol. The number of aromatic hydroxyl groups is 1. The number of likely N-dealkylation sites (tertiary alicyclic amines) is 1. The average molecular weight is 885 g/mol. The second kappa shape index (κ2) is 16.8. The number of aryl methyl sites for hydroxylation is 1. The lowest BCUT2D eigenvalue weighted by molar-refractivity contribution is -0.295. The molecule has 6 aliphatic heterocycles. The maximum Gasteiger partial charge on any atom is 0.328 e. The second-order valence-electron chi connectivity index (χ2n) is 18.9. The molecule has 3 aromatic carbocycles. The number of ether oxygens (including phenoxy) is 2. The summed E-state index contributed by atoms with van der Waals surface area (Å²) in [5.74, 6) is 0.108. The third-order valence-electron chi connectivity index (χ3n) is 15.1. The smallest absolute Gasteiger partial charge is 0.328 e. The van der Waals surface area contributed by atoms with Gasteiger partial charge < -0.3 is 44.5 Å². The molecule has 6 saturated heterocycles. The molecule has 15 nitrogen and oxygen atoms in total. The van der Waals surface area contributed by atoms with Crippen LogP contribution in [0, 0.1) is 18.7 Å². The third-order valence-corrected chi connectivity index (χ3v) is 15.1. The Kier molecular flexibility index (Phi) is 10.8. The number of imide groups is 1. The van der Waals surface area contributed by atoms with Gasteiger partial charge in [-0.3, -0.25) is 15.0 Å². The summed E-state index contributed by atoms with van der Waals surface area (Å²) >= 11 is 0. The van der Waals surface area contributed by atoms with Crippen LogP contribution in [-0.2, 0) is 14.3 Å². The van der Waals surface area contributed by atoms with E-state index in [1.165, 1.54) is 0 Å². The van der Waals surface area contributed by atoms with E-state index in [9.17, 15) is 14.7 Å². The summed E-state index contributed by atoms with van der Waals surface area (Å²) in [6.45, 7) is 9.58. The highest BCUT2D eigenvalue weighted by Gasteiger charge is 2.43. The number of aromatic nitrogens is 3. The van der Waals surface area contributed by atoms with Gasteiger partial charge in [0.1, 0.15) is 11.6 Å². The van der Waals surface area contributed by atoms with Crippen molar-refractivity contribution in [2.24, 2.45) is 5.92 Å². The molecular formula is C49H57FN10O5. The molecule has 0 aliphatic carbocycles. The van der Waals surface area contributed by atoms with Gasteiger partial charge >= 0.3 is 6.03 Å². The Hall–Kier alpha value is -5.97. The van der Waals surface area contributed by atoms with Crippen LogP contribution < -0.4 is 30.7 Å². The van der Waals surface area contributed by atoms with Crippen molar-refractivity contribution < 1.29 is 28.6 Å². The van der Waals surface area contributed by atoms with Gasteiger partial charge in [-0.15, -0.1) is 10.2 Å². The number of para-hydroxylation sites is 1. The number of amides is 3. The number of hydrogen-bond donors (Lipinski definition) is 3. The van der Waals surface area contributed by atoms with Crippen LogP contribution in [0.5, 0.6) is 5.75 Å². The predicted molar refractivity (Wildman–Crippen MR) is 248 cm³/mol. The molecule has 6 aliphatic rings. The number of piperidine rings is 2. The van der Waals surface area contributed by atoms with Gasteiger partial charge in [0.2, 0.25) is 5.91 Å². The monoisotopic (exact) mass is 884 g/mol. The minimum absolute atomic E-state index is 0.0374. The number of carbonyl (C=O) groups excluding carboxylic acids is 2. The molecule has 2 unspecified atom stereocenters. The van der Waals surface area contributed by atoms with Crippen LogP contribution in [0.1, 0.15) is 56.6 Å². The topological polar surface area (TPSA) is 158 Å². The molecule has 16 heteroatoms. The van der Waals surface area contributed by atoms with E-state index in [0.29, 0.717) is 48.4 Å². The molecule has 2 aromatic heterocycles. The van der Waals surface area contributed by atoms with Crippen LogP contribution in [-0.4, -0.2) is 120 Å². The van der Waals surface area contributed by atoms with Gasteiger partial charge in [-0.1, -0.05) is 12.1 Å². The SMILES string of the molecule is Cc1c(N2CCC(=O)NC2=O)ccc2c1ccn2C1COC2(CCN(CC3CCN(c4cc(N5C6CCC5CN(c5cc(-c7ccccc7O)nnc5N)C6)ccc4F)CC3)CC2)OC1. The van der Waals surface area contributed by atoms with Crippen LogP contribution in [0.4, 0.5) is 37.8 Å². The van der Waals surface area contributed by atoms with Gasteiger partial charge in [0.15, 0.2) is 11.6 Å². The first-order valence-electron chi connectivity index (χ1n) is 23.3. The number of nitrogens with zero attached hydrogens (tertiary/aromatic N) is 8. The lowest BCUT2D eigenvalue weighted by Gasteiger charge is -2.46. The van der Waals surface area contributed by atoms with Crippen molar-refractivity contribution >= 4 is 51.4 Å². The summed E-state index contributed by atoms with van der Waals surface area (Å²) in [5, 5.41) is 22.5. The first-order chi connectivity index (χ1) is 31.6. The number of phenolic OH excluding ortho intramolecular Hbond substituents is 1. The van der Waals surface area contributed by atoms with Crippen molar-refractivity contribution in [2.75, 3.05) is 90.9 Å². The lowest BCUT2D eigenvalue weighted by Crippen LogP contribution is -2.54. The van der Waals surface area contributed by atoms with Crippen molar-refractivity contribution in [3.8, 4) is 17.0 Å². The van der Waals surface area contributed by atoms with Gasteiger partial charge in [0, 0.05) is 118 Å². The summed E-state index contributed by atoms with van der Waals surface area (Å²) in [6, 6.07) is 21.0. The molecule has 3 amide bonds. The Morgan fingerprint density at radius 3 is 2.32 bits per heavy atom. The highest BCUT2D eigenvalue weighted by molar-refractivity contribution is 6.07. The van der Waals surface area contributed by atoms with Gasteiger partial charge in [0.05, 0.1) is 36.3 Å². The van der Waals surface area contributed by atoms with Crippen LogP contribution in [0.3, 0.4) is 0 Å². The van der Waals surface area contributed by atoms with Crippen molar-refractivity contribution in [3.05, 3.63) is 84.3 Å². The van der Waals surface area contributed by atoms with Gasteiger partial charge in [-0.2, -0.15) is 0 Å². The van der Waals surface area contributed by atoms with E-state index in [1.54, 1.807) is 23.1 Å². The summed E-state index contributed by atoms with van der Waals surface area (Å²) in [6.07, 6.45) is 8.15. The zero-order valence-electron chi connectivity index (χ0n) is 36.9. The Bertz CT molecular complexity index is 2600. The molecule has 5 aromatic rings. The van der Waals surface area contributed by atoms with E-state index in [-0.39, 0.29) is 48.1 Å². The summed E-state index contributed by atoms with van der Waals surface area (Å²) in [5.41, 5.74) is 13.1. The maximum atomic E-state index is 15.6. The number of nitrogens with two attached hydrogens (primary N) is 1. The van der Waals surface area contributed by atoms with E-state index < -0.39 is 5.79 Å². The molecule has 2 bridgehead atoms. The Balaban J connectivity index is 0.667. The highest BCUT2D eigenvalue weighted by Crippen LogP contribution is 2.42. The summed E-state index contributed by atoms with van der Waals surface area (Å²) in [4.78, 5) is 35.5. The highest BCUT2D eigenvalue weighted by atomic mass is 19.1. The molecule has 2 atom stereocenters. The molecule has 4 N–H and O–H groups in total. The first kappa shape index (κ1) is 41.7. The van der Waals surface area contributed by atoms with Gasteiger partial charge in [-0.25, -0.2) is 9.18 Å². The molecule has 65 heavy (non-hydrogen) atoms. The minimum Gasteiger partial charge on any atom is -0.507 e. The molecule has 8 heterocycles. The number of halogens is 1. The number of nitrogen functional groups attached to an aromatic ring is 1. The standard InChI is InChI=1S/C49H57FN10O5/c1-31-37-14-20-58(42(37)11-10-41(31)59-21-15-46(62)52-48(59)63)36-29-64-49(65-30-36)16-22-55(23-17-49)26-32-12-18-56(19-13-32)43-24-33(8-9-39(43)50)60-34-6-7-35(60)28-57(27-34)44-25-40(53-54-47(44)51)38-4-2-3-5-45(38)61/h2-5,8-11,14,20,24-25,32,34-36,61H,6-7,12-13,15-19,21-23,26-30H2,1H3,(H2,51,54)(H,52,62,63). The zero-order chi connectivity index (χ0) is 44.4. The Morgan fingerprint density at radius 1 is 0.831 bits per heavy atom. The van der Waals surface area contributed by atoms with Crippen LogP contribution >= 0.6 is 0 Å². The van der Waals surface area contributed by atoms with Crippen LogP contribution in [0.15, 0.2) is 72.9 Å². The van der Waals surface area contributed by atoms with Gasteiger partial charge in [-0.05, 0) is 98.7 Å². The predicted octanol–water partition coefficient (Wildman–Crippen LogP) is 6.43. The number of carbonyl (C=O) groups is 2. The fourth-order valence-corrected chi connectivity index (χ4v) is 11.5. The van der Waals surface area contributed by atoms with Crippen molar-refractivity contribution in [1.82, 2.24) is 25.0 Å². The molecule has 0 saturated carbocycles. The first-order valence-corrected chi connectivity index (χ1v) is 23.3. The van der Waals surface area contributed by atoms with Gasteiger partial charge in [0.25, 0.3) is 0 Å². The molecule has 0 radical (unpaired) electrons.